The Morgan fingerprint density at radius 1 is 1.05 bits per heavy atom. The Morgan fingerprint density at radius 3 is 2.25 bits per heavy atom. The summed E-state index contributed by atoms with van der Waals surface area (Å²) in [5, 5.41) is 6.42. The summed E-state index contributed by atoms with van der Waals surface area (Å²) in [6, 6.07) is 11.4. The lowest BCUT2D eigenvalue weighted by molar-refractivity contribution is -0.147. The number of esters is 1. The van der Waals surface area contributed by atoms with Gasteiger partial charge in [-0.1, -0.05) is 62.2 Å². The predicted molar refractivity (Wildman–Crippen MR) is 152 cm³/mol. The molecule has 216 valence electrons. The second-order valence-electron chi connectivity index (χ2n) is 10.7. The van der Waals surface area contributed by atoms with E-state index < -0.39 is 34.7 Å². The molecule has 2 aromatic rings. The van der Waals surface area contributed by atoms with Gasteiger partial charge in [-0.05, 0) is 48.1 Å². The van der Waals surface area contributed by atoms with Crippen LogP contribution in [0.4, 0.5) is 0 Å². The molecule has 1 saturated carbocycles. The van der Waals surface area contributed by atoms with E-state index in [2.05, 4.69) is 10.6 Å². The van der Waals surface area contributed by atoms with Crippen LogP contribution >= 0.6 is 23.2 Å². The molecule has 3 atom stereocenters. The van der Waals surface area contributed by atoms with E-state index in [1.54, 1.807) is 49.4 Å². The first kappa shape index (κ1) is 31.2. The SMILES string of the molecule is COC(=O)[C@H](Cc1ccc(OCc2c(Cl)cccc2Cl)cc1)NC(=O)[C@H]1CC[C@@](C)(C(=O)NCC(N)=O)C1(C)C. The molecule has 0 radical (unpaired) electrons. The summed E-state index contributed by atoms with van der Waals surface area (Å²) in [4.78, 5) is 50.1. The standard InChI is InChI=1S/C29H35Cl2N3O6/c1-28(2)20(12-13-29(28,3)27(38)33-15-24(32)35)25(36)34-23(26(37)39-4)14-17-8-10-18(11-9-17)40-16-19-21(30)6-5-7-22(19)31/h5-11,20,23H,12-16H2,1-4H3,(H2,32,35)(H,33,38)(H,34,36)/t20-,23+,29+/m1/s1. The largest absolute Gasteiger partial charge is 0.489 e. The van der Waals surface area contributed by atoms with Gasteiger partial charge in [0.15, 0.2) is 0 Å². The van der Waals surface area contributed by atoms with Crippen molar-refractivity contribution in [1.82, 2.24) is 10.6 Å². The summed E-state index contributed by atoms with van der Waals surface area (Å²) in [7, 11) is 1.26. The highest BCUT2D eigenvalue weighted by atomic mass is 35.5. The minimum absolute atomic E-state index is 0.190. The number of carbonyl (C=O) groups is 4. The lowest BCUT2D eigenvalue weighted by Gasteiger charge is -2.40. The van der Waals surface area contributed by atoms with Crippen LogP contribution in [0, 0.1) is 16.7 Å². The molecule has 0 saturated heterocycles. The first-order valence-corrected chi connectivity index (χ1v) is 13.6. The molecule has 1 fully saturated rings. The molecule has 0 aliphatic heterocycles. The number of nitrogens with two attached hydrogens (primary N) is 1. The summed E-state index contributed by atoms with van der Waals surface area (Å²) in [5.41, 5.74) is 4.96. The van der Waals surface area contributed by atoms with Gasteiger partial charge in [-0.25, -0.2) is 4.79 Å². The van der Waals surface area contributed by atoms with Crippen LogP contribution in [-0.4, -0.2) is 43.4 Å². The van der Waals surface area contributed by atoms with Crippen LogP contribution in [0.15, 0.2) is 42.5 Å². The quantitative estimate of drug-likeness (QED) is 0.340. The minimum atomic E-state index is -0.933. The van der Waals surface area contributed by atoms with Crippen molar-refractivity contribution in [2.45, 2.75) is 52.7 Å². The number of primary amides is 1. The second-order valence-corrected chi connectivity index (χ2v) is 11.5. The van der Waals surface area contributed by atoms with Gasteiger partial charge in [-0.3, -0.25) is 14.4 Å². The predicted octanol–water partition coefficient (Wildman–Crippen LogP) is 3.82. The van der Waals surface area contributed by atoms with Crippen molar-refractivity contribution < 1.29 is 28.7 Å². The number of methoxy groups -OCH3 is 1. The third-order valence-electron chi connectivity index (χ3n) is 8.08. The van der Waals surface area contributed by atoms with Crippen LogP contribution in [-0.2, 0) is 36.9 Å². The van der Waals surface area contributed by atoms with Gasteiger partial charge in [0.1, 0.15) is 18.4 Å². The topological polar surface area (TPSA) is 137 Å². The van der Waals surface area contributed by atoms with E-state index in [4.69, 9.17) is 38.4 Å². The highest BCUT2D eigenvalue weighted by Crippen LogP contribution is 2.56. The molecular formula is C29H35Cl2N3O6. The summed E-state index contributed by atoms with van der Waals surface area (Å²) in [5.74, 6) is -1.87. The van der Waals surface area contributed by atoms with Crippen LogP contribution in [0.3, 0.4) is 0 Å². The number of hydrogen-bond acceptors (Lipinski definition) is 6. The van der Waals surface area contributed by atoms with Gasteiger partial charge in [0.25, 0.3) is 0 Å². The zero-order valence-corrected chi connectivity index (χ0v) is 24.5. The summed E-state index contributed by atoms with van der Waals surface area (Å²) >= 11 is 12.4. The molecule has 0 heterocycles. The Bertz CT molecular complexity index is 1250. The maximum Gasteiger partial charge on any atom is 0.328 e. The number of benzene rings is 2. The van der Waals surface area contributed by atoms with Crippen LogP contribution in [0.25, 0.3) is 0 Å². The van der Waals surface area contributed by atoms with Gasteiger partial charge in [-0.15, -0.1) is 0 Å². The second kappa shape index (κ2) is 12.9. The van der Waals surface area contributed by atoms with Crippen molar-refractivity contribution >= 4 is 46.9 Å². The lowest BCUT2D eigenvalue weighted by Crippen LogP contribution is -2.52. The number of ether oxygens (including phenoxy) is 2. The molecule has 0 spiro atoms. The Balaban J connectivity index is 1.67. The molecule has 1 aliphatic carbocycles. The Labute approximate surface area is 244 Å². The molecule has 11 heteroatoms. The van der Waals surface area contributed by atoms with Crippen molar-refractivity contribution in [3.8, 4) is 5.75 Å². The Morgan fingerprint density at radius 2 is 1.68 bits per heavy atom. The fraction of sp³-hybridized carbons (Fsp3) is 0.448. The molecule has 1 aliphatic rings. The van der Waals surface area contributed by atoms with Crippen LogP contribution in [0.5, 0.6) is 5.75 Å². The number of amides is 3. The highest BCUT2D eigenvalue weighted by molar-refractivity contribution is 6.35. The normalized spacial score (nSPS) is 20.3. The monoisotopic (exact) mass is 591 g/mol. The molecule has 40 heavy (non-hydrogen) atoms. The fourth-order valence-electron chi connectivity index (χ4n) is 5.12. The summed E-state index contributed by atoms with van der Waals surface area (Å²) in [6.45, 7) is 5.38. The van der Waals surface area contributed by atoms with Crippen LogP contribution < -0.4 is 21.1 Å². The zero-order valence-electron chi connectivity index (χ0n) is 23.0. The van der Waals surface area contributed by atoms with E-state index in [1.165, 1.54) is 7.11 Å². The van der Waals surface area contributed by atoms with Gasteiger partial charge in [0.05, 0.1) is 19.1 Å². The maximum atomic E-state index is 13.4. The van der Waals surface area contributed by atoms with Gasteiger partial charge in [0.2, 0.25) is 17.7 Å². The van der Waals surface area contributed by atoms with Crippen LogP contribution in [0.1, 0.15) is 44.7 Å². The van der Waals surface area contributed by atoms with Crippen molar-refractivity contribution in [2.24, 2.45) is 22.5 Å². The van der Waals surface area contributed by atoms with E-state index in [1.807, 2.05) is 13.8 Å². The van der Waals surface area contributed by atoms with Crippen LogP contribution in [0.2, 0.25) is 10.0 Å². The van der Waals surface area contributed by atoms with Gasteiger partial charge in [0, 0.05) is 27.9 Å². The molecule has 0 aromatic heterocycles. The molecule has 2 aromatic carbocycles. The van der Waals surface area contributed by atoms with E-state index in [0.29, 0.717) is 34.2 Å². The molecule has 0 unspecified atom stereocenters. The molecule has 4 N–H and O–H groups in total. The molecule has 0 bridgehead atoms. The van der Waals surface area contributed by atoms with Crippen molar-refractivity contribution in [3.05, 3.63) is 63.6 Å². The Kier molecular flexibility index (Phi) is 10.1. The Hall–Kier alpha value is -3.30. The first-order chi connectivity index (χ1) is 18.8. The maximum absolute atomic E-state index is 13.4. The van der Waals surface area contributed by atoms with Crippen molar-refractivity contribution in [3.63, 3.8) is 0 Å². The third kappa shape index (κ3) is 6.88. The highest BCUT2D eigenvalue weighted by Gasteiger charge is 2.58. The summed E-state index contributed by atoms with van der Waals surface area (Å²) < 4.78 is 10.8. The van der Waals surface area contributed by atoms with E-state index in [0.717, 1.165) is 5.56 Å². The number of carbonyl (C=O) groups excluding carboxylic acids is 4. The number of halogens is 2. The average Bonchev–Trinajstić information content (AvgIpc) is 3.16. The lowest BCUT2D eigenvalue weighted by atomic mass is 9.65. The zero-order chi connectivity index (χ0) is 29.7. The fourth-order valence-corrected chi connectivity index (χ4v) is 5.63. The molecular weight excluding hydrogens is 557 g/mol. The smallest absolute Gasteiger partial charge is 0.328 e. The number of hydrogen-bond donors (Lipinski definition) is 3. The number of nitrogens with one attached hydrogen (secondary N) is 2. The van der Waals surface area contributed by atoms with Gasteiger partial charge >= 0.3 is 5.97 Å². The molecule has 3 amide bonds. The number of rotatable bonds is 11. The van der Waals surface area contributed by atoms with Gasteiger partial charge < -0.3 is 25.8 Å². The molecule has 3 rings (SSSR count). The average molecular weight is 593 g/mol. The van der Waals surface area contributed by atoms with E-state index >= 15 is 0 Å². The molecule has 9 nitrogen and oxygen atoms in total. The van der Waals surface area contributed by atoms with E-state index in [-0.39, 0.29) is 31.4 Å². The minimum Gasteiger partial charge on any atom is -0.489 e. The summed E-state index contributed by atoms with van der Waals surface area (Å²) in [6.07, 6.45) is 1.07. The third-order valence-corrected chi connectivity index (χ3v) is 8.79. The van der Waals surface area contributed by atoms with Crippen molar-refractivity contribution in [1.29, 1.82) is 0 Å². The van der Waals surface area contributed by atoms with Gasteiger partial charge in [-0.2, -0.15) is 0 Å². The van der Waals surface area contributed by atoms with Crippen molar-refractivity contribution in [2.75, 3.05) is 13.7 Å². The first-order valence-electron chi connectivity index (χ1n) is 12.9. The van der Waals surface area contributed by atoms with E-state index in [9.17, 15) is 19.2 Å².